The van der Waals surface area contributed by atoms with Crippen molar-refractivity contribution in [2.75, 3.05) is 18.6 Å². The molecule has 0 N–H and O–H groups in total. The van der Waals surface area contributed by atoms with E-state index < -0.39 is 0 Å². The molecule has 0 unspecified atom stereocenters. The van der Waals surface area contributed by atoms with Crippen molar-refractivity contribution in [3.63, 3.8) is 0 Å². The van der Waals surface area contributed by atoms with E-state index in [1.165, 1.54) is 0 Å². The third kappa shape index (κ3) is 2.26. The number of hydrogen-bond acceptors (Lipinski definition) is 3. The second-order valence-corrected chi connectivity index (χ2v) is 6.52. The molecule has 0 saturated carbocycles. The van der Waals surface area contributed by atoms with Gasteiger partial charge >= 0.3 is 0 Å². The fraction of sp³-hybridized carbons (Fsp3) is 0.238. The largest absolute Gasteiger partial charge is 0.482 e. The molecular weight excluding hydrogens is 326 g/mol. The van der Waals surface area contributed by atoms with Gasteiger partial charge in [0.15, 0.2) is 6.61 Å². The Morgan fingerprint density at radius 1 is 1.23 bits per heavy atom. The van der Waals surface area contributed by atoms with Crippen LogP contribution in [0.2, 0.25) is 0 Å². The number of carbonyl (C=O) groups excluding carboxylic acids is 1. The minimum atomic E-state index is -0.0817. The number of ether oxygens (including phenoxy) is 1. The summed E-state index contributed by atoms with van der Waals surface area (Å²) in [4.78, 5) is 13.6. The highest BCUT2D eigenvalue weighted by Crippen LogP contribution is 2.39. The second kappa shape index (κ2) is 5.92. The molecule has 5 nitrogen and oxygen atoms in total. The first-order valence-electron chi connectivity index (χ1n) is 8.62. The van der Waals surface area contributed by atoms with Crippen LogP contribution in [-0.2, 0) is 11.3 Å². The van der Waals surface area contributed by atoms with Crippen LogP contribution >= 0.6 is 0 Å². The van der Waals surface area contributed by atoms with Gasteiger partial charge in [-0.1, -0.05) is 12.1 Å². The smallest absolute Gasteiger partial charge is 0.264 e. The summed E-state index contributed by atoms with van der Waals surface area (Å²) in [7, 11) is 1.75. The average molecular weight is 345 g/mol. The van der Waals surface area contributed by atoms with E-state index in [9.17, 15) is 10.1 Å². The quantitative estimate of drug-likeness (QED) is 0.708. The van der Waals surface area contributed by atoms with Crippen molar-refractivity contribution in [3.8, 4) is 23.1 Å². The monoisotopic (exact) mass is 345 g/mol. The number of aryl methyl sites for hydroxylation is 2. The number of nitrogens with zero attached hydrogens (tertiary/aromatic N) is 3. The van der Waals surface area contributed by atoms with Gasteiger partial charge in [-0.05, 0) is 43.7 Å². The van der Waals surface area contributed by atoms with Crippen molar-refractivity contribution in [2.45, 2.75) is 20.4 Å². The van der Waals surface area contributed by atoms with Gasteiger partial charge in [0.2, 0.25) is 0 Å². The second-order valence-electron chi connectivity index (χ2n) is 6.52. The Morgan fingerprint density at radius 2 is 2.04 bits per heavy atom. The number of rotatable bonds is 2. The molecule has 0 spiro atoms. The summed E-state index contributed by atoms with van der Waals surface area (Å²) >= 11 is 0. The molecule has 0 saturated heterocycles. The van der Waals surface area contributed by atoms with Crippen LogP contribution in [0.25, 0.3) is 22.2 Å². The zero-order valence-corrected chi connectivity index (χ0v) is 15.0. The van der Waals surface area contributed by atoms with Gasteiger partial charge in [-0.3, -0.25) is 4.79 Å². The molecule has 0 atom stereocenters. The Kier molecular flexibility index (Phi) is 3.69. The van der Waals surface area contributed by atoms with Crippen molar-refractivity contribution < 1.29 is 9.53 Å². The van der Waals surface area contributed by atoms with E-state index in [0.29, 0.717) is 11.3 Å². The van der Waals surface area contributed by atoms with Crippen LogP contribution in [0.1, 0.15) is 18.1 Å². The van der Waals surface area contributed by atoms with Crippen molar-refractivity contribution >= 4 is 22.5 Å². The first-order valence-corrected chi connectivity index (χ1v) is 8.62. The van der Waals surface area contributed by atoms with E-state index in [0.717, 1.165) is 40.0 Å². The van der Waals surface area contributed by atoms with Gasteiger partial charge in [0, 0.05) is 24.5 Å². The molecule has 0 aliphatic carbocycles. The number of fused-ring (bicyclic) bond motifs is 2. The van der Waals surface area contributed by atoms with Crippen LogP contribution in [0.3, 0.4) is 0 Å². The Bertz CT molecular complexity index is 1090. The zero-order valence-electron chi connectivity index (χ0n) is 15.0. The van der Waals surface area contributed by atoms with Crippen LogP contribution < -0.4 is 9.64 Å². The van der Waals surface area contributed by atoms with Gasteiger partial charge in [-0.2, -0.15) is 5.26 Å². The number of anilines is 1. The lowest BCUT2D eigenvalue weighted by Gasteiger charge is -2.26. The third-order valence-electron chi connectivity index (χ3n) is 4.97. The summed E-state index contributed by atoms with van der Waals surface area (Å²) in [5, 5.41) is 10.8. The van der Waals surface area contributed by atoms with Crippen molar-refractivity contribution in [3.05, 3.63) is 47.5 Å². The first-order chi connectivity index (χ1) is 12.5. The topological polar surface area (TPSA) is 58.3 Å². The van der Waals surface area contributed by atoms with Crippen LogP contribution in [0.5, 0.6) is 5.75 Å². The molecule has 26 heavy (non-hydrogen) atoms. The Morgan fingerprint density at radius 3 is 2.77 bits per heavy atom. The van der Waals surface area contributed by atoms with E-state index in [1.807, 2.05) is 30.3 Å². The van der Waals surface area contributed by atoms with Gasteiger partial charge < -0.3 is 14.2 Å². The highest BCUT2D eigenvalue weighted by molar-refractivity contribution is 5.99. The molecule has 1 amide bonds. The maximum atomic E-state index is 12.0. The van der Waals surface area contributed by atoms with Gasteiger partial charge in [-0.25, -0.2) is 0 Å². The first kappa shape index (κ1) is 16.2. The van der Waals surface area contributed by atoms with E-state index in [1.54, 1.807) is 11.9 Å². The van der Waals surface area contributed by atoms with Gasteiger partial charge in [0.1, 0.15) is 11.8 Å². The maximum absolute atomic E-state index is 12.0. The number of hydrogen-bond donors (Lipinski definition) is 0. The number of aromatic nitrogens is 1. The lowest BCUT2D eigenvalue weighted by Crippen LogP contribution is -2.35. The maximum Gasteiger partial charge on any atom is 0.264 e. The number of benzene rings is 2. The Labute approximate surface area is 152 Å². The average Bonchev–Trinajstić information content (AvgIpc) is 2.97. The minimum Gasteiger partial charge on any atom is -0.482 e. The SMILES string of the molecule is CCn1c(-c2ccc3c(c2)N(C)C(=O)CO3)c(C#N)c2ccc(C)cc21. The van der Waals surface area contributed by atoms with Crippen LogP contribution in [0.4, 0.5) is 5.69 Å². The number of likely N-dealkylation sites (N-methyl/N-ethyl adjacent to an activating group) is 1. The number of amides is 1. The molecule has 2 heterocycles. The highest BCUT2D eigenvalue weighted by atomic mass is 16.5. The molecule has 0 bridgehead atoms. The normalized spacial score (nSPS) is 13.5. The van der Waals surface area contributed by atoms with Crippen molar-refractivity contribution in [1.82, 2.24) is 4.57 Å². The predicted molar refractivity (Wildman–Crippen MR) is 101 cm³/mol. The minimum absolute atomic E-state index is 0.0563. The van der Waals surface area contributed by atoms with Gasteiger partial charge in [0.25, 0.3) is 5.91 Å². The summed E-state index contributed by atoms with van der Waals surface area (Å²) in [6, 6.07) is 14.3. The Hall–Kier alpha value is -3.26. The molecule has 1 aliphatic rings. The molecule has 130 valence electrons. The molecular formula is C21H19N3O2. The van der Waals surface area contributed by atoms with E-state index in [2.05, 4.69) is 30.6 Å². The summed E-state index contributed by atoms with van der Waals surface area (Å²) in [5.74, 6) is 0.603. The van der Waals surface area contributed by atoms with E-state index in [4.69, 9.17) is 4.74 Å². The van der Waals surface area contributed by atoms with Crippen molar-refractivity contribution in [2.24, 2.45) is 0 Å². The van der Waals surface area contributed by atoms with Gasteiger partial charge in [-0.15, -0.1) is 0 Å². The van der Waals surface area contributed by atoms with Crippen LogP contribution in [0.15, 0.2) is 36.4 Å². The zero-order chi connectivity index (χ0) is 18.4. The summed E-state index contributed by atoms with van der Waals surface area (Å²) in [6.45, 7) is 4.93. The van der Waals surface area contributed by atoms with Gasteiger partial charge in [0.05, 0.1) is 22.5 Å². The Balaban J connectivity index is 2.01. The number of nitriles is 1. The van der Waals surface area contributed by atoms with Crippen LogP contribution in [0, 0.1) is 18.3 Å². The van der Waals surface area contributed by atoms with Crippen LogP contribution in [-0.4, -0.2) is 24.1 Å². The standard InChI is InChI=1S/C21H19N3O2/c1-4-24-17-9-13(2)5-7-15(17)16(11-22)21(24)14-6-8-19-18(10-14)23(3)20(25)12-26-19/h5-10H,4,12H2,1-3H3. The van der Waals surface area contributed by atoms with E-state index in [-0.39, 0.29) is 12.5 Å². The summed E-state index contributed by atoms with van der Waals surface area (Å²) in [5.41, 5.74) is 5.38. The molecule has 4 rings (SSSR count). The molecule has 5 heteroatoms. The third-order valence-corrected chi connectivity index (χ3v) is 4.97. The number of carbonyl (C=O) groups is 1. The molecule has 0 fully saturated rings. The van der Waals surface area contributed by atoms with Crippen molar-refractivity contribution in [1.29, 1.82) is 5.26 Å². The highest BCUT2D eigenvalue weighted by Gasteiger charge is 2.24. The fourth-order valence-corrected chi connectivity index (χ4v) is 3.62. The molecule has 3 aromatic rings. The molecule has 0 radical (unpaired) electrons. The fourth-order valence-electron chi connectivity index (χ4n) is 3.62. The van der Waals surface area contributed by atoms with E-state index >= 15 is 0 Å². The summed E-state index contributed by atoms with van der Waals surface area (Å²) < 4.78 is 7.68. The molecule has 2 aromatic carbocycles. The summed E-state index contributed by atoms with van der Waals surface area (Å²) in [6.07, 6.45) is 0. The lowest BCUT2D eigenvalue weighted by molar-refractivity contribution is -0.120. The molecule has 1 aromatic heterocycles. The predicted octanol–water partition coefficient (Wildman–Crippen LogP) is 3.86. The lowest BCUT2D eigenvalue weighted by atomic mass is 10.0. The molecule has 1 aliphatic heterocycles.